The maximum absolute atomic E-state index is 12.9. The molecule has 0 unspecified atom stereocenters. The molecule has 2 heterocycles. The van der Waals surface area contributed by atoms with Crippen molar-refractivity contribution in [2.24, 2.45) is 0 Å². The van der Waals surface area contributed by atoms with Crippen molar-refractivity contribution in [3.05, 3.63) is 77.2 Å². The Labute approximate surface area is 126 Å². The van der Waals surface area contributed by atoms with Gasteiger partial charge in [0.15, 0.2) is 0 Å². The zero-order valence-corrected chi connectivity index (χ0v) is 12.1. The number of hydrogen-bond donors (Lipinski definition) is 0. The molecule has 4 rings (SSSR count). The molecule has 0 bridgehead atoms. The van der Waals surface area contributed by atoms with Gasteiger partial charge in [-0.3, -0.25) is 9.36 Å². The Morgan fingerprint density at radius 3 is 2.23 bits per heavy atom. The van der Waals surface area contributed by atoms with E-state index >= 15 is 0 Å². The Morgan fingerprint density at radius 2 is 1.50 bits per heavy atom. The minimum Gasteiger partial charge on any atom is -0.497 e. The predicted molar refractivity (Wildman–Crippen MR) is 87.1 cm³/mol. The Balaban J connectivity index is 2.14. The van der Waals surface area contributed by atoms with Crippen molar-refractivity contribution in [3.8, 4) is 11.4 Å². The molecule has 4 heteroatoms. The van der Waals surface area contributed by atoms with Gasteiger partial charge in [0.2, 0.25) is 0 Å². The topological polar surface area (TPSA) is 35.6 Å². The number of hydrogen-bond acceptors (Lipinski definition) is 2. The van der Waals surface area contributed by atoms with E-state index in [1.165, 1.54) is 0 Å². The van der Waals surface area contributed by atoms with E-state index in [0.717, 1.165) is 22.5 Å². The number of benzene rings is 2. The predicted octanol–water partition coefficient (Wildman–Crippen LogP) is 3.25. The summed E-state index contributed by atoms with van der Waals surface area (Å²) in [7, 11) is 1.63. The van der Waals surface area contributed by atoms with Gasteiger partial charge in [-0.05, 0) is 48.5 Å². The summed E-state index contributed by atoms with van der Waals surface area (Å²) in [5, 5.41) is 0. The second kappa shape index (κ2) is 4.77. The van der Waals surface area contributed by atoms with Gasteiger partial charge in [0.1, 0.15) is 11.3 Å². The van der Waals surface area contributed by atoms with Gasteiger partial charge >= 0.3 is 0 Å². The van der Waals surface area contributed by atoms with Gasteiger partial charge in [0.05, 0.1) is 18.1 Å². The molecule has 0 aliphatic carbocycles. The third-order valence-corrected chi connectivity index (χ3v) is 3.88. The molecule has 108 valence electrons. The summed E-state index contributed by atoms with van der Waals surface area (Å²) in [4.78, 5) is 12.9. The molecule has 0 spiro atoms. The number of fused-ring (bicyclic) bond motifs is 3. The molecule has 2 aromatic heterocycles. The van der Waals surface area contributed by atoms with Crippen LogP contribution in [0.5, 0.6) is 5.75 Å². The van der Waals surface area contributed by atoms with E-state index < -0.39 is 0 Å². The first-order valence-corrected chi connectivity index (χ1v) is 7.05. The van der Waals surface area contributed by atoms with Crippen LogP contribution in [0, 0.1) is 0 Å². The highest BCUT2D eigenvalue weighted by Gasteiger charge is 2.11. The first-order chi connectivity index (χ1) is 10.8. The SMILES string of the molecule is COc1ccc(-n2c(=O)c3cccn3c3ccccc32)cc1. The zero-order chi connectivity index (χ0) is 15.1. The van der Waals surface area contributed by atoms with Gasteiger partial charge in [-0.2, -0.15) is 0 Å². The van der Waals surface area contributed by atoms with Crippen LogP contribution in [0.1, 0.15) is 0 Å². The molecular formula is C18H14N2O2. The van der Waals surface area contributed by atoms with Crippen LogP contribution in [0.15, 0.2) is 71.7 Å². The van der Waals surface area contributed by atoms with Crippen molar-refractivity contribution in [1.82, 2.24) is 8.97 Å². The van der Waals surface area contributed by atoms with Crippen LogP contribution in [-0.4, -0.2) is 16.1 Å². The standard InChI is InChI=1S/C18H14N2O2/c1-22-14-10-8-13(9-11-14)20-16-6-3-2-5-15(16)19-12-4-7-17(19)18(20)21/h2-12H,1H3. The second-order valence-corrected chi connectivity index (χ2v) is 5.09. The number of aromatic nitrogens is 2. The average molecular weight is 290 g/mol. The van der Waals surface area contributed by atoms with Crippen molar-refractivity contribution < 1.29 is 4.74 Å². The molecule has 0 fully saturated rings. The smallest absolute Gasteiger partial charge is 0.279 e. The summed E-state index contributed by atoms with van der Waals surface area (Å²) in [5.41, 5.74) is 3.33. The number of para-hydroxylation sites is 2. The first kappa shape index (κ1) is 12.7. The van der Waals surface area contributed by atoms with E-state index in [0.29, 0.717) is 5.52 Å². The summed E-state index contributed by atoms with van der Waals surface area (Å²) in [6.07, 6.45) is 1.91. The first-order valence-electron chi connectivity index (χ1n) is 7.05. The highest BCUT2D eigenvalue weighted by molar-refractivity contribution is 5.80. The summed E-state index contributed by atoms with van der Waals surface area (Å²) < 4.78 is 8.86. The highest BCUT2D eigenvalue weighted by atomic mass is 16.5. The van der Waals surface area contributed by atoms with Gasteiger partial charge in [0, 0.05) is 11.9 Å². The molecule has 4 aromatic rings. The fourth-order valence-corrected chi connectivity index (χ4v) is 2.83. The van der Waals surface area contributed by atoms with E-state index in [1.54, 1.807) is 11.7 Å². The van der Waals surface area contributed by atoms with Gasteiger partial charge in [0.25, 0.3) is 5.56 Å². The molecular weight excluding hydrogens is 276 g/mol. The van der Waals surface area contributed by atoms with Crippen LogP contribution in [0.4, 0.5) is 0 Å². The van der Waals surface area contributed by atoms with Crippen molar-refractivity contribution >= 4 is 16.6 Å². The van der Waals surface area contributed by atoms with E-state index in [2.05, 4.69) is 0 Å². The Hall–Kier alpha value is -3.01. The zero-order valence-electron chi connectivity index (χ0n) is 12.1. The lowest BCUT2D eigenvalue weighted by Gasteiger charge is -2.13. The van der Waals surface area contributed by atoms with Crippen LogP contribution in [0.25, 0.3) is 22.2 Å². The lowest BCUT2D eigenvalue weighted by Crippen LogP contribution is -2.20. The fraction of sp³-hybridized carbons (Fsp3) is 0.0556. The third-order valence-electron chi connectivity index (χ3n) is 3.88. The van der Waals surface area contributed by atoms with E-state index in [9.17, 15) is 4.79 Å². The summed E-state index contributed by atoms with van der Waals surface area (Å²) >= 11 is 0. The van der Waals surface area contributed by atoms with Gasteiger partial charge in [-0.1, -0.05) is 12.1 Å². The monoisotopic (exact) mass is 290 g/mol. The van der Waals surface area contributed by atoms with Crippen LogP contribution < -0.4 is 10.3 Å². The molecule has 4 nitrogen and oxygen atoms in total. The molecule has 0 aliphatic heterocycles. The van der Waals surface area contributed by atoms with Crippen LogP contribution in [0.3, 0.4) is 0 Å². The summed E-state index contributed by atoms with van der Waals surface area (Å²) in [6, 6.07) is 19.1. The minimum absolute atomic E-state index is 0.0335. The molecule has 0 radical (unpaired) electrons. The largest absolute Gasteiger partial charge is 0.497 e. The van der Waals surface area contributed by atoms with Crippen molar-refractivity contribution in [2.45, 2.75) is 0 Å². The fourth-order valence-electron chi connectivity index (χ4n) is 2.83. The maximum Gasteiger partial charge on any atom is 0.279 e. The second-order valence-electron chi connectivity index (χ2n) is 5.09. The summed E-state index contributed by atoms with van der Waals surface area (Å²) in [5.74, 6) is 0.768. The molecule has 22 heavy (non-hydrogen) atoms. The molecule has 0 atom stereocenters. The molecule has 2 aromatic carbocycles. The van der Waals surface area contributed by atoms with E-state index in [-0.39, 0.29) is 5.56 Å². The van der Waals surface area contributed by atoms with Gasteiger partial charge in [-0.25, -0.2) is 0 Å². The lowest BCUT2D eigenvalue weighted by molar-refractivity contribution is 0.415. The molecule has 0 saturated heterocycles. The average Bonchev–Trinajstić information content (AvgIpc) is 3.06. The number of nitrogens with zero attached hydrogens (tertiary/aromatic N) is 2. The number of ether oxygens (including phenoxy) is 1. The Kier molecular flexibility index (Phi) is 2.76. The molecule has 0 amide bonds. The van der Waals surface area contributed by atoms with Crippen LogP contribution >= 0.6 is 0 Å². The van der Waals surface area contributed by atoms with Crippen molar-refractivity contribution in [2.75, 3.05) is 7.11 Å². The quantitative estimate of drug-likeness (QED) is 0.568. The van der Waals surface area contributed by atoms with E-state index in [4.69, 9.17) is 4.74 Å². The van der Waals surface area contributed by atoms with Gasteiger partial charge < -0.3 is 9.14 Å². The Morgan fingerprint density at radius 1 is 0.818 bits per heavy atom. The third kappa shape index (κ3) is 1.74. The van der Waals surface area contributed by atoms with Gasteiger partial charge in [-0.15, -0.1) is 0 Å². The molecule has 0 aliphatic rings. The van der Waals surface area contributed by atoms with Crippen molar-refractivity contribution in [1.29, 1.82) is 0 Å². The number of methoxy groups -OCH3 is 1. The maximum atomic E-state index is 12.9. The summed E-state index contributed by atoms with van der Waals surface area (Å²) in [6.45, 7) is 0. The lowest BCUT2D eigenvalue weighted by atomic mass is 10.2. The normalized spacial score (nSPS) is 11.1. The highest BCUT2D eigenvalue weighted by Crippen LogP contribution is 2.20. The van der Waals surface area contributed by atoms with Crippen LogP contribution in [-0.2, 0) is 0 Å². The molecule has 0 saturated carbocycles. The van der Waals surface area contributed by atoms with Crippen molar-refractivity contribution in [3.63, 3.8) is 0 Å². The molecule has 0 N–H and O–H groups in total. The minimum atomic E-state index is -0.0335. The Bertz CT molecular complexity index is 1030. The number of rotatable bonds is 2. The van der Waals surface area contributed by atoms with E-state index in [1.807, 2.05) is 71.3 Å². The van der Waals surface area contributed by atoms with Crippen LogP contribution in [0.2, 0.25) is 0 Å².